The molecule has 1 unspecified atom stereocenters. The number of aromatic nitrogens is 3. The molecule has 2 aromatic heterocycles. The van der Waals surface area contributed by atoms with Crippen molar-refractivity contribution < 1.29 is 4.74 Å². The number of fused-ring (bicyclic) bond motifs is 1. The second kappa shape index (κ2) is 8.95. The minimum absolute atomic E-state index is 0.114. The van der Waals surface area contributed by atoms with Crippen molar-refractivity contribution in [2.75, 3.05) is 37.0 Å². The van der Waals surface area contributed by atoms with Gasteiger partial charge in [0.2, 0.25) is 0 Å². The predicted octanol–water partition coefficient (Wildman–Crippen LogP) is 4.54. The van der Waals surface area contributed by atoms with Crippen LogP contribution in [-0.4, -0.2) is 42.0 Å². The number of nitrogens with zero attached hydrogens (tertiary/aromatic N) is 5. The fourth-order valence-corrected chi connectivity index (χ4v) is 3.98. The topological polar surface area (TPSA) is 46.4 Å². The van der Waals surface area contributed by atoms with Crippen molar-refractivity contribution in [2.24, 2.45) is 7.05 Å². The van der Waals surface area contributed by atoms with Crippen LogP contribution in [0.5, 0.6) is 0 Å². The van der Waals surface area contributed by atoms with Crippen LogP contribution < -0.4 is 9.80 Å². The molecule has 1 aliphatic rings. The molecule has 3 heterocycles. The molecule has 1 atom stereocenters. The van der Waals surface area contributed by atoms with Gasteiger partial charge in [-0.05, 0) is 38.2 Å². The lowest BCUT2D eigenvalue weighted by Crippen LogP contribution is -2.26. The number of hydrogen-bond acceptors (Lipinski definition) is 5. The Balaban J connectivity index is 1.99. The Hall–Kier alpha value is -2.08. The van der Waals surface area contributed by atoms with Crippen LogP contribution in [0, 0.1) is 6.92 Å². The Morgan fingerprint density at radius 1 is 1.29 bits per heavy atom. The molecule has 0 aromatic carbocycles. The molecule has 0 saturated carbocycles. The lowest BCUT2D eigenvalue weighted by Gasteiger charge is -2.30. The molecule has 0 bridgehead atoms. The lowest BCUT2D eigenvalue weighted by molar-refractivity contribution is 0.0421. The highest BCUT2D eigenvalue weighted by Gasteiger charge is 2.30. The van der Waals surface area contributed by atoms with Gasteiger partial charge in [0, 0.05) is 52.1 Å². The largest absolute Gasteiger partial charge is 0.372 e. The molecule has 28 heavy (non-hydrogen) atoms. The molecule has 3 rings (SSSR count). The van der Waals surface area contributed by atoms with Gasteiger partial charge in [-0.3, -0.25) is 4.68 Å². The number of rotatable bonds is 8. The van der Waals surface area contributed by atoms with E-state index in [1.807, 2.05) is 29.9 Å². The average molecular weight is 386 g/mol. The molecular weight excluding hydrogens is 350 g/mol. The minimum atomic E-state index is 0.114. The van der Waals surface area contributed by atoms with Gasteiger partial charge in [-0.15, -0.1) is 0 Å². The summed E-state index contributed by atoms with van der Waals surface area (Å²) >= 11 is 0. The summed E-state index contributed by atoms with van der Waals surface area (Å²) in [6, 6.07) is 2.17. The maximum absolute atomic E-state index is 6.24. The summed E-state index contributed by atoms with van der Waals surface area (Å²) in [4.78, 5) is 8.96. The maximum atomic E-state index is 6.24. The second-order valence-corrected chi connectivity index (χ2v) is 7.91. The van der Waals surface area contributed by atoms with Crippen LogP contribution in [-0.2, 0) is 18.2 Å². The number of pyridine rings is 1. The summed E-state index contributed by atoms with van der Waals surface area (Å²) in [6.07, 6.45) is 7.49. The van der Waals surface area contributed by atoms with E-state index in [9.17, 15) is 0 Å². The number of aryl methyl sites for hydroxylation is 2. The molecule has 1 aliphatic heterocycles. The first-order valence-corrected chi connectivity index (χ1v) is 10.6. The van der Waals surface area contributed by atoms with Crippen molar-refractivity contribution in [3.8, 4) is 0 Å². The summed E-state index contributed by atoms with van der Waals surface area (Å²) in [5, 5.41) is 4.95. The number of anilines is 3. The second-order valence-electron chi connectivity index (χ2n) is 7.91. The van der Waals surface area contributed by atoms with Crippen molar-refractivity contribution in [3.05, 3.63) is 29.1 Å². The summed E-state index contributed by atoms with van der Waals surface area (Å²) in [6.45, 7) is 8.33. The van der Waals surface area contributed by atoms with E-state index >= 15 is 0 Å². The molecule has 0 aliphatic carbocycles. The average Bonchev–Trinajstić information content (AvgIpc) is 3.01. The molecule has 0 amide bonds. The van der Waals surface area contributed by atoms with Gasteiger partial charge in [-0.25, -0.2) is 4.98 Å². The van der Waals surface area contributed by atoms with Gasteiger partial charge in [0.15, 0.2) is 5.82 Å². The summed E-state index contributed by atoms with van der Waals surface area (Å²) < 4.78 is 8.29. The van der Waals surface area contributed by atoms with Gasteiger partial charge in [0.05, 0.1) is 17.5 Å². The molecule has 0 fully saturated rings. The Morgan fingerprint density at radius 3 is 2.75 bits per heavy atom. The predicted molar refractivity (Wildman–Crippen MR) is 116 cm³/mol. The van der Waals surface area contributed by atoms with Gasteiger partial charge in [0.1, 0.15) is 5.82 Å². The highest BCUT2D eigenvalue weighted by Crippen LogP contribution is 2.39. The van der Waals surface area contributed by atoms with Crippen molar-refractivity contribution >= 4 is 17.3 Å². The van der Waals surface area contributed by atoms with Crippen LogP contribution in [0.2, 0.25) is 0 Å². The van der Waals surface area contributed by atoms with Crippen LogP contribution in [0.15, 0.2) is 12.3 Å². The molecule has 0 N–H and O–H groups in total. The smallest absolute Gasteiger partial charge is 0.158 e. The van der Waals surface area contributed by atoms with E-state index in [2.05, 4.69) is 43.8 Å². The van der Waals surface area contributed by atoms with Gasteiger partial charge in [-0.2, -0.15) is 5.10 Å². The van der Waals surface area contributed by atoms with E-state index in [0.717, 1.165) is 56.9 Å². The van der Waals surface area contributed by atoms with Gasteiger partial charge in [0.25, 0.3) is 0 Å². The Labute approximate surface area is 169 Å². The SMILES string of the molecule is CCCCOC(CC)c1c2c(nn1C)N(c1cc(N(C)C)ncc1C)CCC2. The molecule has 6 nitrogen and oxygen atoms in total. The van der Waals surface area contributed by atoms with Crippen LogP contribution >= 0.6 is 0 Å². The molecular formula is C22H35N5O. The van der Waals surface area contributed by atoms with Gasteiger partial charge in [-0.1, -0.05) is 20.3 Å². The first-order chi connectivity index (χ1) is 13.5. The van der Waals surface area contributed by atoms with Gasteiger partial charge >= 0.3 is 0 Å². The van der Waals surface area contributed by atoms with E-state index in [1.54, 1.807) is 0 Å². The standard InChI is InChI=1S/C22H35N5O/c1-7-9-13-28-19(8-2)21-17-11-10-12-27(22(17)24-26(21)6)18-14-20(25(4)5)23-15-16(18)3/h14-15,19H,7-13H2,1-6H3. The first kappa shape index (κ1) is 20.6. The van der Waals surface area contributed by atoms with Crippen molar-refractivity contribution in [1.29, 1.82) is 0 Å². The van der Waals surface area contributed by atoms with Crippen molar-refractivity contribution in [2.45, 2.75) is 59.0 Å². The summed E-state index contributed by atoms with van der Waals surface area (Å²) in [7, 11) is 6.12. The number of unbranched alkanes of at least 4 members (excludes halogenated alkanes) is 1. The van der Waals surface area contributed by atoms with E-state index in [-0.39, 0.29) is 6.10 Å². The Bertz CT molecular complexity index is 798. The molecule has 2 aromatic rings. The highest BCUT2D eigenvalue weighted by atomic mass is 16.5. The van der Waals surface area contributed by atoms with Crippen molar-refractivity contribution in [1.82, 2.24) is 14.8 Å². The normalized spacial score (nSPS) is 14.9. The fraction of sp³-hybridized carbons (Fsp3) is 0.636. The van der Waals surface area contributed by atoms with Gasteiger partial charge < -0.3 is 14.5 Å². The first-order valence-electron chi connectivity index (χ1n) is 10.6. The van der Waals surface area contributed by atoms with E-state index in [1.165, 1.54) is 22.5 Å². The van der Waals surface area contributed by atoms with E-state index in [0.29, 0.717) is 0 Å². The molecule has 154 valence electrons. The third-order valence-corrected chi connectivity index (χ3v) is 5.54. The third-order valence-electron chi connectivity index (χ3n) is 5.54. The quantitative estimate of drug-likeness (QED) is 0.624. The maximum Gasteiger partial charge on any atom is 0.158 e. The Kier molecular flexibility index (Phi) is 6.60. The van der Waals surface area contributed by atoms with Crippen LogP contribution in [0.3, 0.4) is 0 Å². The van der Waals surface area contributed by atoms with Crippen LogP contribution in [0.4, 0.5) is 17.3 Å². The minimum Gasteiger partial charge on any atom is -0.372 e. The number of hydrogen-bond donors (Lipinski definition) is 0. The summed E-state index contributed by atoms with van der Waals surface area (Å²) in [5.74, 6) is 2.05. The zero-order valence-corrected chi connectivity index (χ0v) is 18.3. The lowest BCUT2D eigenvalue weighted by atomic mass is 10.00. The highest BCUT2D eigenvalue weighted by molar-refractivity contribution is 5.70. The zero-order valence-electron chi connectivity index (χ0n) is 18.3. The third kappa shape index (κ3) is 4.02. The monoisotopic (exact) mass is 385 g/mol. The van der Waals surface area contributed by atoms with Crippen LogP contribution in [0.1, 0.15) is 62.5 Å². The summed E-state index contributed by atoms with van der Waals surface area (Å²) in [5.41, 5.74) is 4.97. The van der Waals surface area contributed by atoms with E-state index in [4.69, 9.17) is 9.84 Å². The molecule has 0 spiro atoms. The Morgan fingerprint density at radius 2 is 2.07 bits per heavy atom. The van der Waals surface area contributed by atoms with E-state index < -0.39 is 0 Å². The fourth-order valence-electron chi connectivity index (χ4n) is 3.98. The zero-order chi connectivity index (χ0) is 20.3. The molecule has 0 saturated heterocycles. The van der Waals surface area contributed by atoms with Crippen molar-refractivity contribution in [3.63, 3.8) is 0 Å². The number of ether oxygens (including phenoxy) is 1. The molecule has 0 radical (unpaired) electrons. The van der Waals surface area contributed by atoms with Crippen LogP contribution in [0.25, 0.3) is 0 Å². The molecule has 6 heteroatoms.